The minimum Gasteiger partial charge on any atom is -0.356 e. The van der Waals surface area contributed by atoms with Gasteiger partial charge in [0.1, 0.15) is 17.8 Å². The van der Waals surface area contributed by atoms with Crippen LogP contribution in [0.4, 0.5) is 5.82 Å². The molecule has 4 aromatic rings. The number of rotatable bonds is 4. The van der Waals surface area contributed by atoms with Crippen molar-refractivity contribution in [2.75, 3.05) is 31.1 Å². The van der Waals surface area contributed by atoms with Crippen LogP contribution in [-0.4, -0.2) is 52.1 Å². The largest absolute Gasteiger partial charge is 0.356 e. The van der Waals surface area contributed by atoms with Crippen LogP contribution >= 0.6 is 0 Å². The van der Waals surface area contributed by atoms with Crippen molar-refractivity contribution >= 4 is 22.7 Å². The number of nitrogens with zero attached hydrogens (tertiary/aromatic N) is 5. The molecule has 5 rings (SSSR count). The average molecular weight is 399 g/mol. The Hall–Kier alpha value is -3.74. The summed E-state index contributed by atoms with van der Waals surface area (Å²) in [6.45, 7) is 2.77. The third-order valence-electron chi connectivity index (χ3n) is 5.45. The maximum atomic E-state index is 12.8. The van der Waals surface area contributed by atoms with Gasteiger partial charge >= 0.3 is 0 Å². The van der Waals surface area contributed by atoms with Crippen LogP contribution in [0.3, 0.4) is 0 Å². The summed E-state index contributed by atoms with van der Waals surface area (Å²) in [6.07, 6.45) is 1.85. The number of aromatic nitrogens is 3. The van der Waals surface area contributed by atoms with E-state index in [1.807, 2.05) is 65.6 Å². The Morgan fingerprint density at radius 3 is 2.53 bits per heavy atom. The summed E-state index contributed by atoms with van der Waals surface area (Å²) in [5.74, 6) is 0.958. The molecule has 1 aliphatic rings. The SMILES string of the molecule is O=C(Cc1noc2ccccc12)N1CCN(c2cc(-c3ccccc3)ncn2)CC1. The number of carbonyl (C=O) groups excluding carboxylic acids is 1. The molecule has 0 spiro atoms. The van der Waals surface area contributed by atoms with E-state index in [4.69, 9.17) is 4.52 Å². The molecule has 3 heterocycles. The fraction of sp³-hybridized carbons (Fsp3) is 0.217. The van der Waals surface area contributed by atoms with Crippen molar-refractivity contribution in [2.45, 2.75) is 6.42 Å². The molecule has 30 heavy (non-hydrogen) atoms. The van der Waals surface area contributed by atoms with E-state index >= 15 is 0 Å². The van der Waals surface area contributed by atoms with Crippen molar-refractivity contribution < 1.29 is 9.32 Å². The van der Waals surface area contributed by atoms with Gasteiger partial charge in [0.2, 0.25) is 5.91 Å². The van der Waals surface area contributed by atoms with Gasteiger partial charge in [-0.3, -0.25) is 4.79 Å². The van der Waals surface area contributed by atoms with Crippen molar-refractivity contribution in [3.63, 3.8) is 0 Å². The molecule has 150 valence electrons. The first-order chi connectivity index (χ1) is 14.8. The zero-order chi connectivity index (χ0) is 20.3. The Labute approximate surface area is 173 Å². The molecule has 0 atom stereocenters. The van der Waals surface area contributed by atoms with Crippen LogP contribution in [0, 0.1) is 0 Å². The average Bonchev–Trinajstić information content (AvgIpc) is 3.23. The van der Waals surface area contributed by atoms with E-state index in [9.17, 15) is 4.79 Å². The monoisotopic (exact) mass is 399 g/mol. The summed E-state index contributed by atoms with van der Waals surface area (Å²) in [4.78, 5) is 25.7. The molecule has 7 nitrogen and oxygen atoms in total. The molecular formula is C23H21N5O2. The number of amides is 1. The summed E-state index contributed by atoms with van der Waals surface area (Å²) >= 11 is 0. The lowest BCUT2D eigenvalue weighted by atomic mass is 10.1. The molecule has 0 aliphatic carbocycles. The molecule has 2 aromatic heterocycles. The summed E-state index contributed by atoms with van der Waals surface area (Å²) in [7, 11) is 0. The minimum atomic E-state index is 0.0707. The maximum Gasteiger partial charge on any atom is 0.228 e. The summed E-state index contributed by atoms with van der Waals surface area (Å²) in [5, 5.41) is 4.98. The summed E-state index contributed by atoms with van der Waals surface area (Å²) < 4.78 is 5.32. The fourth-order valence-electron chi connectivity index (χ4n) is 3.79. The van der Waals surface area contributed by atoms with Gasteiger partial charge < -0.3 is 14.3 Å². The highest BCUT2D eigenvalue weighted by Gasteiger charge is 2.23. The zero-order valence-corrected chi connectivity index (χ0v) is 16.4. The summed E-state index contributed by atoms with van der Waals surface area (Å²) in [6, 6.07) is 19.7. The Morgan fingerprint density at radius 1 is 0.933 bits per heavy atom. The van der Waals surface area contributed by atoms with Gasteiger partial charge in [-0.15, -0.1) is 0 Å². The lowest BCUT2D eigenvalue weighted by Gasteiger charge is -2.35. The predicted octanol–water partition coefficient (Wildman–Crippen LogP) is 3.18. The first kappa shape index (κ1) is 18.3. The molecule has 1 aliphatic heterocycles. The Morgan fingerprint density at radius 2 is 1.70 bits per heavy atom. The van der Waals surface area contributed by atoms with E-state index in [0.29, 0.717) is 24.4 Å². The quantitative estimate of drug-likeness (QED) is 0.525. The van der Waals surface area contributed by atoms with Gasteiger partial charge in [0.25, 0.3) is 0 Å². The smallest absolute Gasteiger partial charge is 0.228 e. The number of fused-ring (bicyclic) bond motifs is 1. The van der Waals surface area contributed by atoms with Gasteiger partial charge in [0, 0.05) is 43.2 Å². The molecule has 0 bridgehead atoms. The molecule has 0 radical (unpaired) electrons. The second-order valence-corrected chi connectivity index (χ2v) is 7.30. The van der Waals surface area contributed by atoms with Crippen molar-refractivity contribution in [3.8, 4) is 11.3 Å². The highest BCUT2D eigenvalue weighted by molar-refractivity contribution is 5.86. The van der Waals surface area contributed by atoms with Gasteiger partial charge in [0.05, 0.1) is 12.1 Å². The molecule has 0 N–H and O–H groups in total. The highest BCUT2D eigenvalue weighted by atomic mass is 16.5. The standard InChI is InChI=1S/C23H21N5O2/c29-23(15-20-18-8-4-5-9-21(18)30-26-20)28-12-10-27(11-13-28)22-14-19(24-16-25-22)17-6-2-1-3-7-17/h1-9,14,16H,10-13,15H2. The number of hydrogen-bond acceptors (Lipinski definition) is 6. The van der Waals surface area contributed by atoms with Crippen molar-refractivity contribution in [2.24, 2.45) is 0 Å². The van der Waals surface area contributed by atoms with Crippen molar-refractivity contribution in [3.05, 3.63) is 72.7 Å². The number of anilines is 1. The van der Waals surface area contributed by atoms with Gasteiger partial charge in [0.15, 0.2) is 5.58 Å². The second kappa shape index (κ2) is 7.94. The first-order valence-electron chi connectivity index (χ1n) is 10.0. The Kier molecular flexibility index (Phi) is 4.85. The van der Waals surface area contributed by atoms with Crippen LogP contribution < -0.4 is 4.90 Å². The number of carbonyl (C=O) groups is 1. The topological polar surface area (TPSA) is 75.4 Å². The third-order valence-corrected chi connectivity index (χ3v) is 5.45. The predicted molar refractivity (Wildman–Crippen MR) is 114 cm³/mol. The van der Waals surface area contributed by atoms with E-state index in [0.717, 1.165) is 35.6 Å². The lowest BCUT2D eigenvalue weighted by molar-refractivity contribution is -0.130. The fourth-order valence-corrected chi connectivity index (χ4v) is 3.79. The third kappa shape index (κ3) is 3.61. The van der Waals surface area contributed by atoms with Crippen LogP contribution in [0.15, 0.2) is 71.5 Å². The van der Waals surface area contributed by atoms with Crippen LogP contribution in [0.25, 0.3) is 22.2 Å². The maximum absolute atomic E-state index is 12.8. The van der Waals surface area contributed by atoms with Gasteiger partial charge in [-0.05, 0) is 12.1 Å². The van der Waals surface area contributed by atoms with Gasteiger partial charge in [-0.25, -0.2) is 9.97 Å². The van der Waals surface area contributed by atoms with Crippen LogP contribution in [0.5, 0.6) is 0 Å². The molecule has 7 heteroatoms. The second-order valence-electron chi connectivity index (χ2n) is 7.30. The molecule has 2 aromatic carbocycles. The Balaban J connectivity index is 1.24. The Bertz CT molecular complexity index is 1170. The summed E-state index contributed by atoms with van der Waals surface area (Å²) in [5.41, 5.74) is 3.37. The zero-order valence-electron chi connectivity index (χ0n) is 16.4. The van der Waals surface area contributed by atoms with E-state index in [2.05, 4.69) is 20.0 Å². The normalized spacial score (nSPS) is 14.3. The molecule has 1 saturated heterocycles. The molecule has 1 amide bonds. The van der Waals surface area contributed by atoms with E-state index in [-0.39, 0.29) is 12.3 Å². The van der Waals surface area contributed by atoms with E-state index in [1.165, 1.54) is 0 Å². The van der Waals surface area contributed by atoms with Crippen LogP contribution in [0.1, 0.15) is 5.69 Å². The van der Waals surface area contributed by atoms with Crippen LogP contribution in [0.2, 0.25) is 0 Å². The van der Waals surface area contributed by atoms with Gasteiger partial charge in [-0.2, -0.15) is 0 Å². The lowest BCUT2D eigenvalue weighted by Crippen LogP contribution is -2.49. The molecule has 0 saturated carbocycles. The highest BCUT2D eigenvalue weighted by Crippen LogP contribution is 2.22. The van der Waals surface area contributed by atoms with Crippen molar-refractivity contribution in [1.82, 2.24) is 20.0 Å². The molecule has 1 fully saturated rings. The number of piperazine rings is 1. The number of para-hydroxylation sites is 1. The molecule has 0 unspecified atom stereocenters. The van der Waals surface area contributed by atoms with E-state index in [1.54, 1.807) is 6.33 Å². The first-order valence-corrected chi connectivity index (χ1v) is 10.0. The minimum absolute atomic E-state index is 0.0707. The molecular weight excluding hydrogens is 378 g/mol. The van der Waals surface area contributed by atoms with Crippen LogP contribution in [-0.2, 0) is 11.2 Å². The van der Waals surface area contributed by atoms with E-state index < -0.39 is 0 Å². The van der Waals surface area contributed by atoms with Crippen molar-refractivity contribution in [1.29, 1.82) is 0 Å². The number of hydrogen-bond donors (Lipinski definition) is 0. The van der Waals surface area contributed by atoms with Gasteiger partial charge in [-0.1, -0.05) is 47.6 Å². The number of benzene rings is 2.